The molecule has 0 spiro atoms. The summed E-state index contributed by atoms with van der Waals surface area (Å²) in [6.45, 7) is 5.78. The number of pyridine rings is 1. The van der Waals surface area contributed by atoms with Crippen LogP contribution in [-0.2, 0) is 4.79 Å². The molecule has 0 atom stereocenters. The zero-order valence-electron chi connectivity index (χ0n) is 11.4. The zero-order valence-corrected chi connectivity index (χ0v) is 13.0. The van der Waals surface area contributed by atoms with Gasteiger partial charge in [-0.3, -0.25) is 4.79 Å². The highest BCUT2D eigenvalue weighted by Gasteiger charge is 2.25. The molecule has 1 amide bonds. The SMILES string of the molecule is CC(C)NC(=O)C1CCN(c2ccc(Br)cn2)CC1. The van der Waals surface area contributed by atoms with Crippen molar-refractivity contribution < 1.29 is 4.79 Å². The molecule has 2 rings (SSSR count). The molecule has 1 N–H and O–H groups in total. The summed E-state index contributed by atoms with van der Waals surface area (Å²) in [5.74, 6) is 1.33. The molecule has 1 aromatic rings. The van der Waals surface area contributed by atoms with Gasteiger partial charge < -0.3 is 10.2 Å². The number of aromatic nitrogens is 1. The summed E-state index contributed by atoms with van der Waals surface area (Å²) >= 11 is 3.39. The number of nitrogens with one attached hydrogen (secondary N) is 1. The summed E-state index contributed by atoms with van der Waals surface area (Å²) in [5, 5.41) is 3.00. The smallest absolute Gasteiger partial charge is 0.223 e. The van der Waals surface area contributed by atoms with E-state index in [4.69, 9.17) is 0 Å². The number of halogens is 1. The molecule has 104 valence electrons. The van der Waals surface area contributed by atoms with E-state index in [1.54, 1.807) is 0 Å². The van der Waals surface area contributed by atoms with Crippen molar-refractivity contribution in [1.29, 1.82) is 0 Å². The quantitative estimate of drug-likeness (QED) is 0.929. The van der Waals surface area contributed by atoms with Crippen molar-refractivity contribution in [2.24, 2.45) is 5.92 Å². The number of piperidine rings is 1. The van der Waals surface area contributed by atoms with Crippen molar-refractivity contribution in [3.63, 3.8) is 0 Å². The predicted molar refractivity (Wildman–Crippen MR) is 80.2 cm³/mol. The fraction of sp³-hybridized carbons (Fsp3) is 0.571. The second kappa shape index (κ2) is 6.37. The summed E-state index contributed by atoms with van der Waals surface area (Å²) in [6.07, 6.45) is 3.61. The van der Waals surface area contributed by atoms with Gasteiger partial charge in [0, 0.05) is 35.7 Å². The highest BCUT2D eigenvalue weighted by Crippen LogP contribution is 2.22. The van der Waals surface area contributed by atoms with Crippen molar-refractivity contribution in [3.8, 4) is 0 Å². The van der Waals surface area contributed by atoms with E-state index in [1.807, 2.05) is 32.2 Å². The molecule has 5 heteroatoms. The molecule has 0 aliphatic carbocycles. The largest absolute Gasteiger partial charge is 0.357 e. The van der Waals surface area contributed by atoms with E-state index < -0.39 is 0 Å². The number of hydrogen-bond acceptors (Lipinski definition) is 3. The summed E-state index contributed by atoms with van der Waals surface area (Å²) in [5.41, 5.74) is 0. The first-order valence-corrected chi connectivity index (χ1v) is 7.52. The Morgan fingerprint density at radius 2 is 2.11 bits per heavy atom. The predicted octanol–water partition coefficient (Wildman–Crippen LogP) is 2.59. The minimum Gasteiger partial charge on any atom is -0.357 e. The molecule has 1 aliphatic rings. The highest BCUT2D eigenvalue weighted by atomic mass is 79.9. The third-order valence-electron chi connectivity index (χ3n) is 3.33. The maximum atomic E-state index is 11.9. The maximum Gasteiger partial charge on any atom is 0.223 e. The van der Waals surface area contributed by atoms with E-state index in [0.29, 0.717) is 0 Å². The molecule has 0 saturated carbocycles. The minimum absolute atomic E-state index is 0.147. The molecular weight excluding hydrogens is 306 g/mol. The van der Waals surface area contributed by atoms with E-state index in [2.05, 4.69) is 31.1 Å². The first-order chi connectivity index (χ1) is 9.06. The molecule has 2 heterocycles. The third-order valence-corrected chi connectivity index (χ3v) is 3.80. The zero-order chi connectivity index (χ0) is 13.8. The average Bonchev–Trinajstić information content (AvgIpc) is 2.39. The number of rotatable bonds is 3. The Labute approximate surface area is 122 Å². The Morgan fingerprint density at radius 3 is 2.63 bits per heavy atom. The molecule has 4 nitrogen and oxygen atoms in total. The number of anilines is 1. The average molecular weight is 326 g/mol. The van der Waals surface area contributed by atoms with Crippen LogP contribution >= 0.6 is 15.9 Å². The van der Waals surface area contributed by atoms with Crippen molar-refractivity contribution in [2.45, 2.75) is 32.7 Å². The van der Waals surface area contributed by atoms with Crippen LogP contribution in [0.1, 0.15) is 26.7 Å². The van der Waals surface area contributed by atoms with Gasteiger partial charge in [-0.05, 0) is 54.8 Å². The molecular formula is C14H20BrN3O. The summed E-state index contributed by atoms with van der Waals surface area (Å²) in [7, 11) is 0. The Balaban J connectivity index is 1.88. The number of carbonyl (C=O) groups is 1. The Kier molecular flexibility index (Phi) is 4.80. The lowest BCUT2D eigenvalue weighted by Crippen LogP contribution is -2.42. The van der Waals surface area contributed by atoms with Crippen LogP contribution in [0.3, 0.4) is 0 Å². The second-order valence-corrected chi connectivity index (χ2v) is 6.17. The van der Waals surface area contributed by atoms with Gasteiger partial charge in [-0.15, -0.1) is 0 Å². The van der Waals surface area contributed by atoms with Crippen LogP contribution in [0.2, 0.25) is 0 Å². The van der Waals surface area contributed by atoms with Gasteiger partial charge in [0.2, 0.25) is 5.91 Å². The van der Waals surface area contributed by atoms with Crippen molar-refractivity contribution in [3.05, 3.63) is 22.8 Å². The van der Waals surface area contributed by atoms with Gasteiger partial charge >= 0.3 is 0 Å². The monoisotopic (exact) mass is 325 g/mol. The van der Waals surface area contributed by atoms with E-state index in [0.717, 1.165) is 36.2 Å². The van der Waals surface area contributed by atoms with E-state index in [9.17, 15) is 4.79 Å². The van der Waals surface area contributed by atoms with Crippen LogP contribution in [0, 0.1) is 5.92 Å². The van der Waals surface area contributed by atoms with Crippen LogP contribution in [0.15, 0.2) is 22.8 Å². The van der Waals surface area contributed by atoms with Gasteiger partial charge in [-0.1, -0.05) is 0 Å². The van der Waals surface area contributed by atoms with Gasteiger partial charge in [0.25, 0.3) is 0 Å². The number of carbonyl (C=O) groups excluding carboxylic acids is 1. The van der Waals surface area contributed by atoms with Gasteiger partial charge in [-0.25, -0.2) is 4.98 Å². The van der Waals surface area contributed by atoms with Crippen LogP contribution in [0.5, 0.6) is 0 Å². The maximum absolute atomic E-state index is 11.9. The minimum atomic E-state index is 0.147. The second-order valence-electron chi connectivity index (χ2n) is 5.26. The van der Waals surface area contributed by atoms with Gasteiger partial charge in [0.05, 0.1) is 0 Å². The van der Waals surface area contributed by atoms with Crippen molar-refractivity contribution in [1.82, 2.24) is 10.3 Å². The number of amides is 1. The standard InChI is InChI=1S/C14H20BrN3O/c1-10(2)17-14(19)11-5-7-18(8-6-11)13-4-3-12(15)9-16-13/h3-4,9-11H,5-8H2,1-2H3,(H,17,19). The first kappa shape index (κ1) is 14.3. The number of hydrogen-bond donors (Lipinski definition) is 1. The normalized spacial score (nSPS) is 16.7. The Morgan fingerprint density at radius 1 is 1.42 bits per heavy atom. The topological polar surface area (TPSA) is 45.2 Å². The molecule has 0 aromatic carbocycles. The number of nitrogens with zero attached hydrogens (tertiary/aromatic N) is 2. The van der Waals surface area contributed by atoms with Crippen LogP contribution in [-0.4, -0.2) is 30.0 Å². The summed E-state index contributed by atoms with van der Waals surface area (Å²) in [4.78, 5) is 18.6. The summed E-state index contributed by atoms with van der Waals surface area (Å²) in [6, 6.07) is 4.23. The molecule has 1 aliphatic heterocycles. The van der Waals surface area contributed by atoms with Gasteiger partial charge in [-0.2, -0.15) is 0 Å². The molecule has 19 heavy (non-hydrogen) atoms. The molecule has 0 radical (unpaired) electrons. The summed E-state index contributed by atoms with van der Waals surface area (Å²) < 4.78 is 0.988. The van der Waals surface area contributed by atoms with E-state index in [1.165, 1.54) is 0 Å². The lowest BCUT2D eigenvalue weighted by molar-refractivity contribution is -0.126. The molecule has 0 unspecified atom stereocenters. The van der Waals surface area contributed by atoms with Gasteiger partial charge in [0.1, 0.15) is 5.82 Å². The van der Waals surface area contributed by atoms with Crippen LogP contribution in [0.4, 0.5) is 5.82 Å². The van der Waals surface area contributed by atoms with E-state index >= 15 is 0 Å². The third kappa shape index (κ3) is 3.93. The van der Waals surface area contributed by atoms with E-state index in [-0.39, 0.29) is 17.9 Å². The molecule has 1 aromatic heterocycles. The Bertz CT molecular complexity index is 425. The fourth-order valence-corrected chi connectivity index (χ4v) is 2.56. The van der Waals surface area contributed by atoms with Crippen molar-refractivity contribution >= 4 is 27.7 Å². The fourth-order valence-electron chi connectivity index (χ4n) is 2.33. The van der Waals surface area contributed by atoms with Crippen molar-refractivity contribution in [2.75, 3.05) is 18.0 Å². The first-order valence-electron chi connectivity index (χ1n) is 6.73. The molecule has 1 saturated heterocycles. The lowest BCUT2D eigenvalue weighted by Gasteiger charge is -2.32. The lowest BCUT2D eigenvalue weighted by atomic mass is 9.95. The Hall–Kier alpha value is -1.10. The van der Waals surface area contributed by atoms with Crippen LogP contribution < -0.4 is 10.2 Å². The van der Waals surface area contributed by atoms with Gasteiger partial charge in [0.15, 0.2) is 0 Å². The molecule has 1 fully saturated rings. The molecule has 0 bridgehead atoms. The van der Waals surface area contributed by atoms with Crippen LogP contribution in [0.25, 0.3) is 0 Å². The highest BCUT2D eigenvalue weighted by molar-refractivity contribution is 9.10.